The lowest BCUT2D eigenvalue weighted by atomic mass is 9.70. The molecule has 0 aliphatic carbocycles. The fourth-order valence-corrected chi connectivity index (χ4v) is 3.80. The zero-order valence-corrected chi connectivity index (χ0v) is 13.5. The van der Waals surface area contributed by atoms with Crippen molar-refractivity contribution in [3.8, 4) is 0 Å². The van der Waals surface area contributed by atoms with Gasteiger partial charge in [0.2, 0.25) is 0 Å². The maximum Gasteiger partial charge on any atom is 0.416 e. The number of piperidine rings is 2. The van der Waals surface area contributed by atoms with Gasteiger partial charge in [-0.25, -0.2) is 0 Å². The van der Waals surface area contributed by atoms with E-state index in [1.54, 1.807) is 0 Å². The molecule has 1 aromatic carbocycles. The molecule has 2 N–H and O–H groups in total. The first-order chi connectivity index (χ1) is 11.7. The molecular weight excluding hydrogens is 337 g/mol. The van der Waals surface area contributed by atoms with Gasteiger partial charge in [0.15, 0.2) is 0 Å². The SMILES string of the molecule is O=C(c1ccc(C(F)(F)F)cc1)N1CC[C@H]2NCCC[C@]2(C(=O)O)C1. The monoisotopic (exact) mass is 356 g/mol. The Kier molecular flexibility index (Phi) is 4.49. The highest BCUT2D eigenvalue weighted by Gasteiger charge is 2.51. The van der Waals surface area contributed by atoms with Crippen LogP contribution in [0.25, 0.3) is 0 Å². The highest BCUT2D eigenvalue weighted by atomic mass is 19.4. The molecule has 2 heterocycles. The minimum Gasteiger partial charge on any atom is -0.481 e. The Hall–Kier alpha value is -2.09. The third-order valence-corrected chi connectivity index (χ3v) is 5.19. The quantitative estimate of drug-likeness (QED) is 0.854. The molecule has 2 aliphatic heterocycles. The molecule has 8 heteroatoms. The molecule has 0 spiro atoms. The van der Waals surface area contributed by atoms with E-state index < -0.39 is 29.0 Å². The summed E-state index contributed by atoms with van der Waals surface area (Å²) in [6.07, 6.45) is -2.75. The Morgan fingerprint density at radius 3 is 2.52 bits per heavy atom. The molecular formula is C17H19F3N2O3. The van der Waals surface area contributed by atoms with E-state index >= 15 is 0 Å². The number of amides is 1. The highest BCUT2D eigenvalue weighted by Crippen LogP contribution is 2.38. The summed E-state index contributed by atoms with van der Waals surface area (Å²) in [4.78, 5) is 25.9. The molecule has 0 bridgehead atoms. The first kappa shape index (κ1) is 17.7. The van der Waals surface area contributed by atoms with E-state index in [-0.39, 0.29) is 18.2 Å². The van der Waals surface area contributed by atoms with Gasteiger partial charge in [-0.2, -0.15) is 13.2 Å². The fourth-order valence-electron chi connectivity index (χ4n) is 3.80. The number of nitrogens with one attached hydrogen (secondary N) is 1. The first-order valence-electron chi connectivity index (χ1n) is 8.17. The van der Waals surface area contributed by atoms with Crippen LogP contribution in [0.2, 0.25) is 0 Å². The summed E-state index contributed by atoms with van der Waals surface area (Å²) in [7, 11) is 0. The third-order valence-electron chi connectivity index (χ3n) is 5.19. The lowest BCUT2D eigenvalue weighted by Gasteiger charge is -2.48. The first-order valence-corrected chi connectivity index (χ1v) is 8.17. The number of likely N-dealkylation sites (tertiary alicyclic amines) is 1. The van der Waals surface area contributed by atoms with Gasteiger partial charge < -0.3 is 15.3 Å². The largest absolute Gasteiger partial charge is 0.481 e. The van der Waals surface area contributed by atoms with Crippen molar-refractivity contribution in [1.29, 1.82) is 0 Å². The number of rotatable bonds is 2. The van der Waals surface area contributed by atoms with Crippen LogP contribution in [0.5, 0.6) is 0 Å². The molecule has 0 radical (unpaired) electrons. The average Bonchev–Trinajstić information content (AvgIpc) is 2.59. The van der Waals surface area contributed by atoms with Gasteiger partial charge in [-0.15, -0.1) is 0 Å². The number of carboxylic acids is 1. The van der Waals surface area contributed by atoms with Crippen LogP contribution in [0.15, 0.2) is 24.3 Å². The van der Waals surface area contributed by atoms with Crippen molar-refractivity contribution in [1.82, 2.24) is 10.2 Å². The number of nitrogens with zero attached hydrogens (tertiary/aromatic N) is 1. The Morgan fingerprint density at radius 2 is 1.92 bits per heavy atom. The topological polar surface area (TPSA) is 69.6 Å². The standard InChI is InChI=1S/C17H19F3N2O3/c18-17(19,20)12-4-2-11(3-5-12)14(23)22-9-6-13-16(10-22,15(24)25)7-1-8-21-13/h2-5,13,21H,1,6-10H2,(H,24,25)/t13-,16+/m1/s1. The number of hydrogen-bond acceptors (Lipinski definition) is 3. The van der Waals surface area contributed by atoms with Crippen LogP contribution >= 0.6 is 0 Å². The van der Waals surface area contributed by atoms with Crippen LogP contribution in [0, 0.1) is 5.41 Å². The molecule has 0 aromatic heterocycles. The minimum atomic E-state index is -4.46. The van der Waals surface area contributed by atoms with Crippen molar-refractivity contribution >= 4 is 11.9 Å². The lowest BCUT2D eigenvalue weighted by molar-refractivity contribution is -0.156. The van der Waals surface area contributed by atoms with Crippen molar-refractivity contribution in [2.75, 3.05) is 19.6 Å². The van der Waals surface area contributed by atoms with Gasteiger partial charge in [0.05, 0.1) is 5.56 Å². The molecule has 2 aliphatic rings. The summed E-state index contributed by atoms with van der Waals surface area (Å²) in [5, 5.41) is 12.9. The Bertz CT molecular complexity index is 675. The molecule has 0 unspecified atom stereocenters. The smallest absolute Gasteiger partial charge is 0.416 e. The van der Waals surface area contributed by atoms with Gasteiger partial charge in [-0.05, 0) is 50.1 Å². The number of carboxylic acid groups (broad SMARTS) is 1. The van der Waals surface area contributed by atoms with Gasteiger partial charge in [0.25, 0.3) is 5.91 Å². The number of carbonyl (C=O) groups excluding carboxylic acids is 1. The summed E-state index contributed by atoms with van der Waals surface area (Å²) in [6.45, 7) is 1.21. The van der Waals surface area contributed by atoms with Crippen LogP contribution in [0.1, 0.15) is 35.2 Å². The van der Waals surface area contributed by atoms with Gasteiger partial charge in [-0.3, -0.25) is 9.59 Å². The van der Waals surface area contributed by atoms with Gasteiger partial charge in [0.1, 0.15) is 5.41 Å². The van der Waals surface area contributed by atoms with E-state index in [1.165, 1.54) is 4.90 Å². The number of carbonyl (C=O) groups is 2. The van der Waals surface area contributed by atoms with Gasteiger partial charge in [0, 0.05) is 24.7 Å². The summed E-state index contributed by atoms with van der Waals surface area (Å²) in [6, 6.07) is 3.84. The molecule has 1 aromatic rings. The van der Waals surface area contributed by atoms with Gasteiger partial charge >= 0.3 is 12.1 Å². The van der Waals surface area contributed by atoms with E-state index in [0.717, 1.165) is 30.8 Å². The molecule has 2 atom stereocenters. The van der Waals surface area contributed by atoms with E-state index in [4.69, 9.17) is 0 Å². The molecule has 25 heavy (non-hydrogen) atoms. The number of fused-ring (bicyclic) bond motifs is 1. The zero-order chi connectivity index (χ0) is 18.2. The van der Waals surface area contributed by atoms with Crippen LogP contribution in [0.4, 0.5) is 13.2 Å². The molecule has 1 amide bonds. The Labute approximate surface area is 142 Å². The van der Waals surface area contributed by atoms with Crippen molar-refractivity contribution in [3.05, 3.63) is 35.4 Å². The van der Waals surface area contributed by atoms with Crippen LogP contribution < -0.4 is 5.32 Å². The number of benzene rings is 1. The second kappa shape index (κ2) is 6.33. The number of halogens is 3. The summed E-state index contributed by atoms with van der Waals surface area (Å²) in [5.41, 5.74) is -1.71. The summed E-state index contributed by atoms with van der Waals surface area (Å²) >= 11 is 0. The predicted molar refractivity (Wildman–Crippen MR) is 83.1 cm³/mol. The molecule has 2 saturated heterocycles. The fraction of sp³-hybridized carbons (Fsp3) is 0.529. The predicted octanol–water partition coefficient (Wildman–Crippen LogP) is 2.37. The lowest BCUT2D eigenvalue weighted by Crippen LogP contribution is -2.63. The van der Waals surface area contributed by atoms with Crippen LogP contribution in [0.3, 0.4) is 0 Å². The zero-order valence-electron chi connectivity index (χ0n) is 13.5. The normalized spacial score (nSPS) is 26.8. The second-order valence-corrected chi connectivity index (χ2v) is 6.66. The Morgan fingerprint density at radius 1 is 1.24 bits per heavy atom. The average molecular weight is 356 g/mol. The molecule has 3 rings (SSSR count). The Balaban J connectivity index is 1.80. The maximum absolute atomic E-state index is 12.6. The second-order valence-electron chi connectivity index (χ2n) is 6.66. The van der Waals surface area contributed by atoms with Crippen LogP contribution in [-0.4, -0.2) is 47.6 Å². The van der Waals surface area contributed by atoms with Crippen molar-refractivity contribution in [2.24, 2.45) is 5.41 Å². The summed E-state index contributed by atoms with van der Waals surface area (Å²) < 4.78 is 37.9. The maximum atomic E-state index is 12.6. The van der Waals surface area contributed by atoms with E-state index in [2.05, 4.69) is 5.32 Å². The molecule has 5 nitrogen and oxygen atoms in total. The molecule has 2 fully saturated rings. The minimum absolute atomic E-state index is 0.0693. The van der Waals surface area contributed by atoms with E-state index in [0.29, 0.717) is 25.8 Å². The number of hydrogen-bond donors (Lipinski definition) is 2. The number of aliphatic carboxylic acids is 1. The van der Waals surface area contributed by atoms with Crippen molar-refractivity contribution in [3.63, 3.8) is 0 Å². The highest BCUT2D eigenvalue weighted by molar-refractivity contribution is 5.95. The van der Waals surface area contributed by atoms with E-state index in [9.17, 15) is 27.9 Å². The van der Waals surface area contributed by atoms with Crippen molar-refractivity contribution < 1.29 is 27.9 Å². The molecule has 136 valence electrons. The molecule has 0 saturated carbocycles. The van der Waals surface area contributed by atoms with Gasteiger partial charge in [-0.1, -0.05) is 0 Å². The summed E-state index contributed by atoms with van der Waals surface area (Å²) in [5.74, 6) is -1.37. The van der Waals surface area contributed by atoms with E-state index in [1.807, 2.05) is 0 Å². The number of alkyl halides is 3. The van der Waals surface area contributed by atoms with Crippen molar-refractivity contribution in [2.45, 2.75) is 31.5 Å². The van der Waals surface area contributed by atoms with Crippen LogP contribution in [-0.2, 0) is 11.0 Å². The third kappa shape index (κ3) is 3.22.